The van der Waals surface area contributed by atoms with Crippen molar-refractivity contribution in [2.75, 3.05) is 6.61 Å². The van der Waals surface area contributed by atoms with Gasteiger partial charge < -0.3 is 4.74 Å². The van der Waals surface area contributed by atoms with Gasteiger partial charge in [-0.3, -0.25) is 14.9 Å². The van der Waals surface area contributed by atoms with Crippen LogP contribution in [-0.2, 0) is 0 Å². The SMILES string of the molecule is CCCCCCCCCCOc1ccc(C(=O)NN=Cc2ccc([N+](=O)[O-])cc2)cc1. The number of amides is 1. The first-order chi connectivity index (χ1) is 15.1. The first-order valence-corrected chi connectivity index (χ1v) is 10.9. The predicted molar refractivity (Wildman–Crippen MR) is 123 cm³/mol. The van der Waals surface area contributed by atoms with Gasteiger partial charge in [-0.25, -0.2) is 5.43 Å². The van der Waals surface area contributed by atoms with E-state index in [9.17, 15) is 14.9 Å². The molecule has 0 aromatic heterocycles. The average Bonchev–Trinajstić information content (AvgIpc) is 2.78. The molecule has 2 rings (SSSR count). The molecule has 0 aliphatic carbocycles. The fourth-order valence-corrected chi connectivity index (χ4v) is 3.04. The summed E-state index contributed by atoms with van der Waals surface area (Å²) in [5.74, 6) is 0.404. The molecule has 0 fully saturated rings. The number of rotatable bonds is 14. The average molecular weight is 426 g/mol. The van der Waals surface area contributed by atoms with Crippen LogP contribution in [0.5, 0.6) is 5.75 Å². The number of carbonyl (C=O) groups is 1. The third kappa shape index (κ3) is 9.42. The van der Waals surface area contributed by atoms with E-state index in [0.29, 0.717) is 17.7 Å². The molecule has 7 nitrogen and oxygen atoms in total. The lowest BCUT2D eigenvalue weighted by molar-refractivity contribution is -0.384. The Bertz CT molecular complexity index is 833. The van der Waals surface area contributed by atoms with E-state index in [1.807, 2.05) is 0 Å². The molecule has 0 spiro atoms. The standard InChI is InChI=1S/C24H31N3O4/c1-2-3-4-5-6-7-8-9-18-31-23-16-12-21(13-17-23)24(28)26-25-19-20-10-14-22(15-11-20)27(29)30/h10-17,19H,2-9,18H2,1H3,(H,26,28). The Kier molecular flexibility index (Phi) is 10.8. The second-order valence-electron chi connectivity index (χ2n) is 7.40. The Balaban J connectivity index is 1.66. The Labute approximate surface area is 183 Å². The van der Waals surface area contributed by atoms with Crippen molar-refractivity contribution in [1.29, 1.82) is 0 Å². The zero-order valence-corrected chi connectivity index (χ0v) is 18.1. The topological polar surface area (TPSA) is 93.8 Å². The van der Waals surface area contributed by atoms with Gasteiger partial charge in [-0.1, -0.05) is 51.9 Å². The number of non-ortho nitro benzene ring substituents is 1. The molecule has 7 heteroatoms. The summed E-state index contributed by atoms with van der Waals surface area (Å²) < 4.78 is 5.74. The number of hydrogen-bond acceptors (Lipinski definition) is 5. The first kappa shape index (κ1) is 24.1. The highest BCUT2D eigenvalue weighted by molar-refractivity contribution is 5.95. The summed E-state index contributed by atoms with van der Waals surface area (Å²) in [7, 11) is 0. The molecule has 0 aliphatic heterocycles. The van der Waals surface area contributed by atoms with Gasteiger partial charge in [0.15, 0.2) is 0 Å². The summed E-state index contributed by atoms with van der Waals surface area (Å²) in [4.78, 5) is 22.3. The van der Waals surface area contributed by atoms with Crippen molar-refractivity contribution in [2.24, 2.45) is 5.10 Å². The third-order valence-corrected chi connectivity index (χ3v) is 4.87. The van der Waals surface area contributed by atoms with E-state index in [2.05, 4.69) is 17.5 Å². The Morgan fingerprint density at radius 2 is 1.58 bits per heavy atom. The van der Waals surface area contributed by atoms with E-state index in [4.69, 9.17) is 4.74 Å². The van der Waals surface area contributed by atoms with Crippen molar-refractivity contribution in [3.63, 3.8) is 0 Å². The number of hydrazone groups is 1. The van der Waals surface area contributed by atoms with Crippen molar-refractivity contribution in [3.05, 3.63) is 69.8 Å². The molecule has 0 atom stereocenters. The molecule has 1 N–H and O–H groups in total. The van der Waals surface area contributed by atoms with E-state index in [1.165, 1.54) is 63.3 Å². The van der Waals surface area contributed by atoms with Gasteiger partial charge in [-0.05, 0) is 48.4 Å². The summed E-state index contributed by atoms with van der Waals surface area (Å²) >= 11 is 0. The molecular formula is C24H31N3O4. The number of ether oxygens (including phenoxy) is 1. The van der Waals surface area contributed by atoms with E-state index in [1.54, 1.807) is 36.4 Å². The monoisotopic (exact) mass is 425 g/mol. The van der Waals surface area contributed by atoms with Crippen LogP contribution in [0.25, 0.3) is 0 Å². The molecular weight excluding hydrogens is 394 g/mol. The highest BCUT2D eigenvalue weighted by Crippen LogP contribution is 2.14. The van der Waals surface area contributed by atoms with Gasteiger partial charge in [-0.2, -0.15) is 5.10 Å². The van der Waals surface area contributed by atoms with E-state index in [0.717, 1.165) is 12.2 Å². The summed E-state index contributed by atoms with van der Waals surface area (Å²) in [6.07, 6.45) is 11.5. The number of nitrogens with zero attached hydrogens (tertiary/aromatic N) is 2. The van der Waals surface area contributed by atoms with Crippen LogP contribution in [0, 0.1) is 10.1 Å². The molecule has 166 valence electrons. The van der Waals surface area contributed by atoms with Crippen LogP contribution in [-0.4, -0.2) is 23.7 Å². The fraction of sp³-hybridized carbons (Fsp3) is 0.417. The van der Waals surface area contributed by atoms with Crippen molar-refractivity contribution >= 4 is 17.8 Å². The molecule has 0 heterocycles. The van der Waals surface area contributed by atoms with Gasteiger partial charge in [0, 0.05) is 17.7 Å². The first-order valence-electron chi connectivity index (χ1n) is 10.9. The molecule has 0 bridgehead atoms. The highest BCUT2D eigenvalue weighted by atomic mass is 16.6. The molecule has 0 unspecified atom stereocenters. The number of hydrogen-bond donors (Lipinski definition) is 1. The predicted octanol–water partition coefficient (Wildman–Crippen LogP) is 5.88. The summed E-state index contributed by atoms with van der Waals surface area (Å²) in [5, 5.41) is 14.5. The van der Waals surface area contributed by atoms with Crippen molar-refractivity contribution in [2.45, 2.75) is 58.3 Å². The van der Waals surface area contributed by atoms with Crippen LogP contribution in [0.4, 0.5) is 5.69 Å². The number of carbonyl (C=O) groups excluding carboxylic acids is 1. The molecule has 31 heavy (non-hydrogen) atoms. The maximum atomic E-state index is 12.2. The molecule has 0 aliphatic rings. The lowest BCUT2D eigenvalue weighted by Crippen LogP contribution is -2.17. The largest absolute Gasteiger partial charge is 0.494 e. The van der Waals surface area contributed by atoms with Gasteiger partial charge in [0.2, 0.25) is 0 Å². The van der Waals surface area contributed by atoms with Gasteiger partial charge in [0.05, 0.1) is 17.7 Å². The van der Waals surface area contributed by atoms with E-state index in [-0.39, 0.29) is 11.6 Å². The minimum Gasteiger partial charge on any atom is -0.494 e. The summed E-state index contributed by atoms with van der Waals surface area (Å²) in [6.45, 7) is 2.91. The maximum absolute atomic E-state index is 12.2. The van der Waals surface area contributed by atoms with Crippen LogP contribution >= 0.6 is 0 Å². The summed E-state index contributed by atoms with van der Waals surface area (Å²) in [6, 6.07) is 12.8. The van der Waals surface area contributed by atoms with Crippen LogP contribution < -0.4 is 10.2 Å². The van der Waals surface area contributed by atoms with E-state index >= 15 is 0 Å². The maximum Gasteiger partial charge on any atom is 0.271 e. The van der Waals surface area contributed by atoms with Crippen molar-refractivity contribution < 1.29 is 14.5 Å². The summed E-state index contributed by atoms with van der Waals surface area (Å²) in [5.41, 5.74) is 3.57. The van der Waals surface area contributed by atoms with Crippen molar-refractivity contribution in [3.8, 4) is 5.75 Å². The van der Waals surface area contributed by atoms with Crippen LogP contribution in [0.1, 0.15) is 74.2 Å². The number of nitro benzene ring substituents is 1. The number of nitrogens with one attached hydrogen (secondary N) is 1. The zero-order valence-electron chi connectivity index (χ0n) is 18.1. The van der Waals surface area contributed by atoms with Crippen LogP contribution in [0.2, 0.25) is 0 Å². The Hall–Kier alpha value is -3.22. The lowest BCUT2D eigenvalue weighted by Gasteiger charge is -2.07. The normalized spacial score (nSPS) is 10.9. The fourth-order valence-electron chi connectivity index (χ4n) is 3.04. The van der Waals surface area contributed by atoms with Gasteiger partial charge in [0.25, 0.3) is 11.6 Å². The number of unbranched alkanes of at least 4 members (excludes halogenated alkanes) is 7. The molecule has 0 saturated heterocycles. The Morgan fingerprint density at radius 1 is 0.968 bits per heavy atom. The molecule has 0 saturated carbocycles. The second kappa shape index (κ2) is 13.9. The van der Waals surface area contributed by atoms with Gasteiger partial charge in [0.1, 0.15) is 5.75 Å². The van der Waals surface area contributed by atoms with Gasteiger partial charge in [-0.15, -0.1) is 0 Å². The number of benzene rings is 2. The minimum absolute atomic E-state index is 0.00547. The second-order valence-corrected chi connectivity index (χ2v) is 7.40. The van der Waals surface area contributed by atoms with Crippen molar-refractivity contribution in [1.82, 2.24) is 5.43 Å². The zero-order chi connectivity index (χ0) is 22.3. The molecule has 0 radical (unpaired) electrons. The highest BCUT2D eigenvalue weighted by Gasteiger charge is 2.05. The third-order valence-electron chi connectivity index (χ3n) is 4.87. The lowest BCUT2D eigenvalue weighted by atomic mass is 10.1. The van der Waals surface area contributed by atoms with Gasteiger partial charge >= 0.3 is 0 Å². The molecule has 1 amide bonds. The van der Waals surface area contributed by atoms with Crippen LogP contribution in [0.15, 0.2) is 53.6 Å². The number of nitro groups is 1. The quantitative estimate of drug-likeness (QED) is 0.177. The molecule has 2 aromatic carbocycles. The van der Waals surface area contributed by atoms with Crippen LogP contribution in [0.3, 0.4) is 0 Å². The smallest absolute Gasteiger partial charge is 0.271 e. The van der Waals surface area contributed by atoms with E-state index < -0.39 is 4.92 Å². The minimum atomic E-state index is -0.467. The Morgan fingerprint density at radius 3 is 2.19 bits per heavy atom. The molecule has 2 aromatic rings.